The first kappa shape index (κ1) is 70.8. The second-order valence-electron chi connectivity index (χ2n) is 20.2. The molecule has 6 nitrogen and oxygen atoms in total. The zero-order valence-corrected chi connectivity index (χ0v) is 48.8. The van der Waals surface area contributed by atoms with Gasteiger partial charge in [0.2, 0.25) is 0 Å². The van der Waals surface area contributed by atoms with Gasteiger partial charge in [0.05, 0.1) is 0 Å². The average molecular weight is 1040 g/mol. The van der Waals surface area contributed by atoms with Crippen LogP contribution in [0.4, 0.5) is 0 Å². The third kappa shape index (κ3) is 60.6. The number of hydrogen-bond donors (Lipinski definition) is 0. The van der Waals surface area contributed by atoms with Gasteiger partial charge in [0.15, 0.2) is 6.10 Å². The lowest BCUT2D eigenvalue weighted by Gasteiger charge is -2.18. The largest absolute Gasteiger partial charge is 0.462 e. The maximum absolute atomic E-state index is 12.8. The fraction of sp³-hybridized carbons (Fsp3) is 0.667. The van der Waals surface area contributed by atoms with E-state index in [1.807, 2.05) is 6.08 Å². The normalized spacial score (nSPS) is 12.9. The van der Waals surface area contributed by atoms with E-state index in [-0.39, 0.29) is 31.6 Å². The van der Waals surface area contributed by atoms with Gasteiger partial charge >= 0.3 is 17.9 Å². The van der Waals surface area contributed by atoms with Crippen molar-refractivity contribution >= 4 is 17.9 Å². The molecule has 0 rings (SSSR count). The van der Waals surface area contributed by atoms with Gasteiger partial charge in [-0.25, -0.2) is 0 Å². The highest BCUT2D eigenvalue weighted by atomic mass is 16.6. The van der Waals surface area contributed by atoms with Crippen LogP contribution in [0.5, 0.6) is 0 Å². The summed E-state index contributed by atoms with van der Waals surface area (Å²) in [7, 11) is 0. The molecule has 0 bridgehead atoms. The van der Waals surface area contributed by atoms with Crippen LogP contribution >= 0.6 is 0 Å². The molecule has 75 heavy (non-hydrogen) atoms. The summed E-state index contributed by atoms with van der Waals surface area (Å²) in [5, 5.41) is 0. The molecule has 426 valence electrons. The zero-order valence-electron chi connectivity index (χ0n) is 48.8. The number of rotatable bonds is 55. The maximum Gasteiger partial charge on any atom is 0.306 e. The minimum atomic E-state index is -0.826. The van der Waals surface area contributed by atoms with Gasteiger partial charge in [0, 0.05) is 19.3 Å². The van der Waals surface area contributed by atoms with E-state index in [2.05, 4.69) is 136 Å². The number of esters is 3. The Labute approximate surface area is 462 Å². The zero-order chi connectivity index (χ0) is 54.3. The van der Waals surface area contributed by atoms with Crippen LogP contribution in [0, 0.1) is 0 Å². The second kappa shape index (κ2) is 62.4. The number of ether oxygens (including phenoxy) is 3. The first-order chi connectivity index (χ1) is 37.0. The summed E-state index contributed by atoms with van der Waals surface area (Å²) in [6, 6.07) is 0. The molecule has 0 amide bonds. The van der Waals surface area contributed by atoms with Crippen LogP contribution < -0.4 is 0 Å². The number of hydrogen-bond acceptors (Lipinski definition) is 6. The Morgan fingerprint density at radius 1 is 0.280 bits per heavy atom. The Hall–Kier alpha value is -4.19. The van der Waals surface area contributed by atoms with Crippen molar-refractivity contribution in [2.24, 2.45) is 0 Å². The van der Waals surface area contributed by atoms with Crippen molar-refractivity contribution in [2.45, 2.75) is 284 Å². The molecular weight excluding hydrogens is 925 g/mol. The molecule has 0 radical (unpaired) electrons. The van der Waals surface area contributed by atoms with E-state index in [1.165, 1.54) is 128 Å². The highest BCUT2D eigenvalue weighted by molar-refractivity contribution is 5.71. The Morgan fingerprint density at radius 3 is 0.920 bits per heavy atom. The average Bonchev–Trinajstić information content (AvgIpc) is 3.41. The summed E-state index contributed by atoms with van der Waals surface area (Å²) < 4.78 is 16.8. The lowest BCUT2D eigenvalue weighted by Crippen LogP contribution is -2.30. The molecule has 0 aromatic rings. The summed E-state index contributed by atoms with van der Waals surface area (Å²) in [5.74, 6) is -1.01. The molecule has 0 N–H and O–H groups in total. The molecule has 1 atom stereocenters. The van der Waals surface area contributed by atoms with E-state index in [1.54, 1.807) is 0 Å². The molecule has 0 aromatic heterocycles. The summed E-state index contributed by atoms with van der Waals surface area (Å²) in [4.78, 5) is 38.2. The second-order valence-corrected chi connectivity index (χ2v) is 20.2. The lowest BCUT2D eigenvalue weighted by atomic mass is 10.0. The van der Waals surface area contributed by atoms with Crippen molar-refractivity contribution in [1.29, 1.82) is 0 Å². The quantitative estimate of drug-likeness (QED) is 0.0261. The smallest absolute Gasteiger partial charge is 0.306 e. The first-order valence-corrected chi connectivity index (χ1v) is 31.0. The molecule has 0 spiro atoms. The summed E-state index contributed by atoms with van der Waals surface area (Å²) >= 11 is 0. The van der Waals surface area contributed by atoms with Crippen molar-refractivity contribution < 1.29 is 28.6 Å². The first-order valence-electron chi connectivity index (χ1n) is 31.0. The van der Waals surface area contributed by atoms with Crippen LogP contribution in [0.1, 0.15) is 278 Å². The van der Waals surface area contributed by atoms with E-state index in [4.69, 9.17) is 14.2 Å². The topological polar surface area (TPSA) is 78.9 Å². The summed E-state index contributed by atoms with van der Waals surface area (Å²) in [5.41, 5.74) is 0. The van der Waals surface area contributed by atoms with Crippen LogP contribution in [0.15, 0.2) is 122 Å². The molecule has 0 saturated heterocycles. The minimum absolute atomic E-state index is 0.114. The number of carbonyl (C=O) groups excluding carboxylic acids is 3. The van der Waals surface area contributed by atoms with Gasteiger partial charge < -0.3 is 14.2 Å². The van der Waals surface area contributed by atoms with Gasteiger partial charge in [0.1, 0.15) is 13.2 Å². The third-order valence-corrected chi connectivity index (χ3v) is 12.9. The van der Waals surface area contributed by atoms with Crippen LogP contribution in [0.25, 0.3) is 0 Å². The minimum Gasteiger partial charge on any atom is -0.462 e. The van der Waals surface area contributed by atoms with Crippen molar-refractivity contribution in [3.8, 4) is 0 Å². The molecule has 1 unspecified atom stereocenters. The molecule has 0 heterocycles. The van der Waals surface area contributed by atoms with Gasteiger partial charge in [-0.3, -0.25) is 14.4 Å². The van der Waals surface area contributed by atoms with Gasteiger partial charge in [-0.15, -0.1) is 0 Å². The Bertz CT molecular complexity index is 1570. The molecule has 0 aliphatic rings. The van der Waals surface area contributed by atoms with E-state index in [0.717, 1.165) is 103 Å². The van der Waals surface area contributed by atoms with E-state index in [9.17, 15) is 14.4 Å². The van der Waals surface area contributed by atoms with Crippen molar-refractivity contribution in [3.63, 3.8) is 0 Å². The number of unbranched alkanes of at least 4 members (excludes halogenated alkanes) is 24. The van der Waals surface area contributed by atoms with Crippen molar-refractivity contribution in [2.75, 3.05) is 13.2 Å². The third-order valence-electron chi connectivity index (χ3n) is 12.9. The van der Waals surface area contributed by atoms with E-state index >= 15 is 0 Å². The Balaban J connectivity index is 4.36. The van der Waals surface area contributed by atoms with E-state index in [0.29, 0.717) is 19.3 Å². The van der Waals surface area contributed by atoms with Gasteiger partial charge in [0.25, 0.3) is 0 Å². The fourth-order valence-electron chi connectivity index (χ4n) is 8.28. The van der Waals surface area contributed by atoms with Gasteiger partial charge in [-0.05, 0) is 116 Å². The Kier molecular flexibility index (Phi) is 58.9. The molecule has 0 aliphatic heterocycles. The molecule has 0 aromatic carbocycles. The highest BCUT2D eigenvalue weighted by Gasteiger charge is 2.19. The highest BCUT2D eigenvalue weighted by Crippen LogP contribution is 2.15. The number of allylic oxidation sites excluding steroid dienone is 20. The monoisotopic (exact) mass is 1040 g/mol. The summed E-state index contributed by atoms with van der Waals surface area (Å²) in [6.07, 6.45) is 86.5. The number of carbonyl (C=O) groups is 3. The molecular formula is C69H114O6. The van der Waals surface area contributed by atoms with Gasteiger partial charge in [-0.1, -0.05) is 264 Å². The summed E-state index contributed by atoms with van der Waals surface area (Å²) in [6.45, 7) is 6.41. The fourth-order valence-corrected chi connectivity index (χ4v) is 8.28. The standard InChI is InChI=1S/C69H114O6/c1-4-7-10-13-16-19-22-24-26-28-30-31-32-33-34-35-36-37-39-40-42-44-47-50-53-56-59-62-68(71)74-65-66(64-73-67(70)61-58-55-52-49-46-21-18-15-12-9-6-3)75-69(72)63-60-57-54-51-48-45-43-41-38-29-27-25-23-20-17-14-11-8-5-2/h8,11,15,17-18,20,22,24-25,27-28,30,32-33,38,41,45,48,54,57,66H,4-7,9-10,12-14,16,19,21,23,26,29,31,34-37,39-40,42-44,46-47,49-53,55-56,58-65H2,1-3H3/b11-8-,18-15-,20-17-,24-22-,27-25-,30-28-,33-32-,41-38-,48-45-,57-54-. The van der Waals surface area contributed by atoms with Crippen LogP contribution in [0.3, 0.4) is 0 Å². The molecule has 0 fully saturated rings. The van der Waals surface area contributed by atoms with Crippen molar-refractivity contribution in [1.82, 2.24) is 0 Å². The van der Waals surface area contributed by atoms with Gasteiger partial charge in [-0.2, -0.15) is 0 Å². The van der Waals surface area contributed by atoms with E-state index < -0.39 is 12.1 Å². The molecule has 0 aliphatic carbocycles. The maximum atomic E-state index is 12.8. The predicted molar refractivity (Wildman–Crippen MR) is 325 cm³/mol. The van der Waals surface area contributed by atoms with Crippen LogP contribution in [-0.4, -0.2) is 37.2 Å². The Morgan fingerprint density at radius 2 is 0.560 bits per heavy atom. The SMILES string of the molecule is CC/C=C\C/C=C\C/C=C\C/C=C\C/C=C\C/C=C\CCC(=O)OC(COC(=O)CCCCCCC/C=C\CCCC)COC(=O)CCCCCCCCCCCCCC/C=C\C/C=C\C/C=C\CCCCCCC. The van der Waals surface area contributed by atoms with Crippen molar-refractivity contribution in [3.05, 3.63) is 122 Å². The lowest BCUT2D eigenvalue weighted by molar-refractivity contribution is -0.166. The molecule has 6 heteroatoms. The van der Waals surface area contributed by atoms with Crippen LogP contribution in [-0.2, 0) is 28.6 Å². The molecule has 0 saturated carbocycles. The van der Waals surface area contributed by atoms with Crippen LogP contribution in [0.2, 0.25) is 0 Å². The predicted octanol–water partition coefficient (Wildman–Crippen LogP) is 21.2.